The lowest BCUT2D eigenvalue weighted by Gasteiger charge is -2.39. The summed E-state index contributed by atoms with van der Waals surface area (Å²) in [5, 5.41) is 0. The molecule has 0 saturated carbocycles. The van der Waals surface area contributed by atoms with Gasteiger partial charge in [0.05, 0.1) is 4.90 Å². The Morgan fingerprint density at radius 1 is 0.742 bits per heavy atom. The van der Waals surface area contributed by atoms with E-state index in [1.54, 1.807) is 24.3 Å². The Labute approximate surface area is 185 Å². The maximum absolute atomic E-state index is 12.8. The van der Waals surface area contributed by atoms with Gasteiger partial charge in [-0.05, 0) is 23.3 Å². The molecule has 0 bridgehead atoms. The second kappa shape index (κ2) is 10.2. The standard InChI is InChI=1S/C25H29N3O2S/c29-31(30,24-14-8-3-9-15-24)26-20-25(23-12-6-2-7-13-23)28-18-16-27(17-19-28)21-22-10-4-1-5-11-22/h1-15,25-26H,16-21H2. The molecule has 1 unspecified atom stereocenters. The molecule has 162 valence electrons. The van der Waals surface area contributed by atoms with Crippen molar-refractivity contribution in [2.75, 3.05) is 32.7 Å². The molecule has 0 aromatic heterocycles. The largest absolute Gasteiger partial charge is 0.297 e. The van der Waals surface area contributed by atoms with E-state index >= 15 is 0 Å². The third-order valence-electron chi connectivity index (χ3n) is 5.80. The number of piperazine rings is 1. The van der Waals surface area contributed by atoms with E-state index in [0.29, 0.717) is 11.4 Å². The van der Waals surface area contributed by atoms with Gasteiger partial charge in [-0.25, -0.2) is 13.1 Å². The van der Waals surface area contributed by atoms with Crippen LogP contribution in [0.2, 0.25) is 0 Å². The zero-order chi connectivity index (χ0) is 21.5. The molecular weight excluding hydrogens is 406 g/mol. The monoisotopic (exact) mass is 435 g/mol. The van der Waals surface area contributed by atoms with E-state index in [2.05, 4.69) is 50.9 Å². The van der Waals surface area contributed by atoms with Gasteiger partial charge in [-0.1, -0.05) is 78.9 Å². The van der Waals surface area contributed by atoms with Crippen molar-refractivity contribution in [1.82, 2.24) is 14.5 Å². The molecule has 1 aliphatic heterocycles. The number of nitrogens with zero attached hydrogens (tertiary/aromatic N) is 2. The van der Waals surface area contributed by atoms with Crippen LogP contribution in [0.25, 0.3) is 0 Å². The second-order valence-corrected chi connectivity index (χ2v) is 9.66. The highest BCUT2D eigenvalue weighted by atomic mass is 32.2. The van der Waals surface area contributed by atoms with Gasteiger partial charge in [-0.3, -0.25) is 9.80 Å². The topological polar surface area (TPSA) is 52.7 Å². The summed E-state index contributed by atoms with van der Waals surface area (Å²) in [6, 6.07) is 29.3. The molecule has 0 amide bonds. The molecule has 0 aliphatic carbocycles. The Balaban J connectivity index is 1.43. The SMILES string of the molecule is O=S(=O)(NCC(c1ccccc1)N1CCN(Cc2ccccc2)CC1)c1ccccc1. The van der Waals surface area contributed by atoms with Crippen molar-refractivity contribution in [3.05, 3.63) is 102 Å². The number of hydrogen-bond acceptors (Lipinski definition) is 4. The quantitative estimate of drug-likeness (QED) is 0.588. The molecule has 1 N–H and O–H groups in total. The van der Waals surface area contributed by atoms with Crippen LogP contribution in [0.3, 0.4) is 0 Å². The highest BCUT2D eigenvalue weighted by molar-refractivity contribution is 7.89. The minimum atomic E-state index is -3.54. The molecule has 1 heterocycles. The van der Waals surface area contributed by atoms with Crippen molar-refractivity contribution in [3.63, 3.8) is 0 Å². The van der Waals surface area contributed by atoms with Gasteiger partial charge in [0.15, 0.2) is 0 Å². The number of nitrogens with one attached hydrogen (secondary N) is 1. The van der Waals surface area contributed by atoms with E-state index in [9.17, 15) is 8.42 Å². The van der Waals surface area contributed by atoms with Crippen molar-refractivity contribution in [1.29, 1.82) is 0 Å². The summed E-state index contributed by atoms with van der Waals surface area (Å²) in [4.78, 5) is 5.15. The fraction of sp³-hybridized carbons (Fsp3) is 0.280. The summed E-state index contributed by atoms with van der Waals surface area (Å²) in [7, 11) is -3.54. The van der Waals surface area contributed by atoms with Crippen LogP contribution in [0.4, 0.5) is 0 Å². The summed E-state index contributed by atoms with van der Waals surface area (Å²) in [6.07, 6.45) is 0. The van der Waals surface area contributed by atoms with Crippen LogP contribution < -0.4 is 4.72 Å². The highest BCUT2D eigenvalue weighted by Crippen LogP contribution is 2.23. The Morgan fingerprint density at radius 3 is 1.90 bits per heavy atom. The lowest BCUT2D eigenvalue weighted by molar-refractivity contribution is 0.0928. The Morgan fingerprint density at radius 2 is 1.29 bits per heavy atom. The Bertz CT molecular complexity index is 1040. The normalized spacial score (nSPS) is 16.8. The van der Waals surface area contributed by atoms with Gasteiger partial charge in [0, 0.05) is 45.3 Å². The first-order valence-corrected chi connectivity index (χ1v) is 12.2. The fourth-order valence-corrected chi connectivity index (χ4v) is 5.14. The number of sulfonamides is 1. The predicted octanol–water partition coefficient (Wildman–Crippen LogP) is 3.52. The second-order valence-electron chi connectivity index (χ2n) is 7.89. The van der Waals surface area contributed by atoms with Gasteiger partial charge in [-0.15, -0.1) is 0 Å². The van der Waals surface area contributed by atoms with Crippen LogP contribution in [0.15, 0.2) is 95.9 Å². The lowest BCUT2D eigenvalue weighted by Crippen LogP contribution is -2.49. The van der Waals surface area contributed by atoms with Crippen LogP contribution in [0.5, 0.6) is 0 Å². The van der Waals surface area contributed by atoms with E-state index in [-0.39, 0.29) is 6.04 Å². The molecule has 0 radical (unpaired) electrons. The smallest absolute Gasteiger partial charge is 0.240 e. The van der Waals surface area contributed by atoms with Crippen LogP contribution in [-0.4, -0.2) is 50.9 Å². The van der Waals surface area contributed by atoms with Crippen LogP contribution >= 0.6 is 0 Å². The summed E-state index contributed by atoms with van der Waals surface area (Å²) < 4.78 is 28.4. The molecule has 4 rings (SSSR count). The van der Waals surface area contributed by atoms with Gasteiger partial charge in [0.1, 0.15) is 0 Å². The predicted molar refractivity (Wildman–Crippen MR) is 124 cm³/mol. The molecule has 1 fully saturated rings. The third kappa shape index (κ3) is 5.80. The van der Waals surface area contributed by atoms with Gasteiger partial charge in [-0.2, -0.15) is 0 Å². The van der Waals surface area contributed by atoms with Crippen LogP contribution in [0.1, 0.15) is 17.2 Å². The molecule has 0 spiro atoms. The van der Waals surface area contributed by atoms with Crippen LogP contribution in [0, 0.1) is 0 Å². The van der Waals surface area contributed by atoms with Crippen molar-refractivity contribution in [2.24, 2.45) is 0 Å². The maximum Gasteiger partial charge on any atom is 0.240 e. The van der Waals surface area contributed by atoms with Gasteiger partial charge < -0.3 is 0 Å². The van der Waals surface area contributed by atoms with E-state index in [0.717, 1.165) is 38.3 Å². The first-order chi connectivity index (χ1) is 15.1. The molecule has 3 aromatic rings. The van der Waals surface area contributed by atoms with Crippen LogP contribution in [-0.2, 0) is 16.6 Å². The van der Waals surface area contributed by atoms with E-state index in [4.69, 9.17) is 0 Å². The third-order valence-corrected chi connectivity index (χ3v) is 7.24. The molecule has 1 aliphatic rings. The minimum Gasteiger partial charge on any atom is -0.297 e. The molecule has 6 heteroatoms. The van der Waals surface area contributed by atoms with Crippen molar-refractivity contribution in [2.45, 2.75) is 17.5 Å². The summed E-state index contributed by atoms with van der Waals surface area (Å²) >= 11 is 0. The number of benzene rings is 3. The first-order valence-electron chi connectivity index (χ1n) is 10.7. The zero-order valence-electron chi connectivity index (χ0n) is 17.6. The van der Waals surface area contributed by atoms with Crippen molar-refractivity contribution in [3.8, 4) is 0 Å². The highest BCUT2D eigenvalue weighted by Gasteiger charge is 2.26. The van der Waals surface area contributed by atoms with E-state index < -0.39 is 10.0 Å². The van der Waals surface area contributed by atoms with E-state index in [1.165, 1.54) is 5.56 Å². The molecule has 1 saturated heterocycles. The summed E-state index contributed by atoms with van der Waals surface area (Å²) in [5.74, 6) is 0. The average molecular weight is 436 g/mol. The van der Waals surface area contributed by atoms with Crippen molar-refractivity contribution < 1.29 is 8.42 Å². The van der Waals surface area contributed by atoms with Gasteiger partial charge >= 0.3 is 0 Å². The van der Waals surface area contributed by atoms with Gasteiger partial charge in [0.25, 0.3) is 0 Å². The molecule has 1 atom stereocenters. The molecular formula is C25H29N3O2S. The molecule has 5 nitrogen and oxygen atoms in total. The minimum absolute atomic E-state index is 0.00133. The summed E-state index contributed by atoms with van der Waals surface area (Å²) in [5.41, 5.74) is 2.46. The maximum atomic E-state index is 12.8. The zero-order valence-corrected chi connectivity index (χ0v) is 18.4. The first kappa shape index (κ1) is 21.7. The average Bonchev–Trinajstić information content (AvgIpc) is 2.82. The number of rotatable bonds is 8. The molecule has 31 heavy (non-hydrogen) atoms. The Hall–Kier alpha value is -2.51. The van der Waals surface area contributed by atoms with E-state index in [1.807, 2.05) is 30.3 Å². The molecule has 3 aromatic carbocycles. The Kier molecular flexibility index (Phi) is 7.14. The summed E-state index contributed by atoms with van der Waals surface area (Å²) in [6.45, 7) is 5.03. The van der Waals surface area contributed by atoms with Crippen molar-refractivity contribution >= 4 is 10.0 Å². The lowest BCUT2D eigenvalue weighted by atomic mass is 10.0. The fourth-order valence-electron chi connectivity index (χ4n) is 4.08. The number of hydrogen-bond donors (Lipinski definition) is 1. The van der Waals surface area contributed by atoms with Gasteiger partial charge in [0.2, 0.25) is 10.0 Å².